The molecule has 0 spiro atoms. The Bertz CT molecular complexity index is 1680. The molecule has 1 aliphatic carbocycles. The number of fused-ring (bicyclic) bond motifs is 1. The first-order valence-electron chi connectivity index (χ1n) is 14.6. The van der Waals surface area contributed by atoms with E-state index in [-0.39, 0.29) is 47.9 Å². The fourth-order valence-corrected chi connectivity index (χ4v) is 5.94. The Morgan fingerprint density at radius 2 is 1.81 bits per heavy atom. The molecule has 9 heteroatoms. The molecular weight excluding hydrogens is 550 g/mol. The number of nitrogens with one attached hydrogen (secondary N) is 1. The van der Waals surface area contributed by atoms with Gasteiger partial charge in [0.25, 0.3) is 0 Å². The Morgan fingerprint density at radius 1 is 1.00 bits per heavy atom. The average Bonchev–Trinajstić information content (AvgIpc) is 2.99. The molecule has 2 heterocycles. The number of Topliss-reactive ketones (excluding diaryl/α,β-unsaturated/α-hetero) is 1. The third-order valence-corrected chi connectivity index (χ3v) is 7.94. The SMILES string of the molecule is CCOCCOC(=O)C1=C(C)NC2=C(C(=O)CC(c3ccc(OCC)c(OC)c3)C2)C1c1coc2ccc(C)cc2c1=O. The highest BCUT2D eigenvalue weighted by molar-refractivity contribution is 6.04. The average molecular weight is 588 g/mol. The molecule has 0 radical (unpaired) electrons. The Hall–Kier alpha value is -4.37. The normalized spacial score (nSPS) is 18.4. The first-order valence-corrected chi connectivity index (χ1v) is 14.6. The van der Waals surface area contributed by atoms with Crippen LogP contribution in [-0.2, 0) is 19.1 Å². The van der Waals surface area contributed by atoms with Crippen LogP contribution in [0, 0.1) is 6.92 Å². The van der Waals surface area contributed by atoms with Crippen molar-refractivity contribution in [3.63, 3.8) is 0 Å². The van der Waals surface area contributed by atoms with Crippen LogP contribution in [0.5, 0.6) is 11.5 Å². The van der Waals surface area contributed by atoms with Gasteiger partial charge in [-0.05, 0) is 69.9 Å². The molecule has 0 saturated carbocycles. The van der Waals surface area contributed by atoms with Gasteiger partial charge in [0.2, 0.25) is 0 Å². The van der Waals surface area contributed by atoms with Crippen LogP contribution in [0.2, 0.25) is 0 Å². The summed E-state index contributed by atoms with van der Waals surface area (Å²) in [5, 5.41) is 3.72. The summed E-state index contributed by atoms with van der Waals surface area (Å²) in [7, 11) is 1.58. The zero-order valence-corrected chi connectivity index (χ0v) is 25.2. The Balaban J connectivity index is 1.59. The summed E-state index contributed by atoms with van der Waals surface area (Å²) in [4.78, 5) is 41.5. The Morgan fingerprint density at radius 3 is 2.56 bits per heavy atom. The van der Waals surface area contributed by atoms with Gasteiger partial charge >= 0.3 is 5.97 Å². The topological polar surface area (TPSA) is 113 Å². The van der Waals surface area contributed by atoms with Gasteiger partial charge in [-0.2, -0.15) is 0 Å². The van der Waals surface area contributed by atoms with E-state index >= 15 is 0 Å². The van der Waals surface area contributed by atoms with E-state index in [2.05, 4.69) is 5.32 Å². The van der Waals surface area contributed by atoms with Gasteiger partial charge in [0.05, 0.1) is 43.5 Å². The van der Waals surface area contributed by atoms with Gasteiger partial charge in [0.1, 0.15) is 12.2 Å². The van der Waals surface area contributed by atoms with Crippen molar-refractivity contribution in [3.05, 3.63) is 92.1 Å². The summed E-state index contributed by atoms with van der Waals surface area (Å²) in [5.74, 6) is -0.634. The molecule has 1 aliphatic heterocycles. The molecule has 3 aromatic rings. The second-order valence-electron chi connectivity index (χ2n) is 10.7. The molecule has 5 rings (SSSR count). The van der Waals surface area contributed by atoms with E-state index in [0.717, 1.165) is 11.1 Å². The number of aryl methyl sites for hydroxylation is 1. The number of carbonyl (C=O) groups excluding carboxylic acids is 2. The van der Waals surface area contributed by atoms with Crippen molar-refractivity contribution in [2.24, 2.45) is 0 Å². The maximum absolute atomic E-state index is 14.0. The van der Waals surface area contributed by atoms with Crippen molar-refractivity contribution in [3.8, 4) is 11.5 Å². The lowest BCUT2D eigenvalue weighted by atomic mass is 9.72. The predicted octanol–water partition coefficient (Wildman–Crippen LogP) is 5.45. The van der Waals surface area contributed by atoms with Crippen molar-refractivity contribution in [1.29, 1.82) is 0 Å². The number of hydrogen-bond donors (Lipinski definition) is 1. The van der Waals surface area contributed by atoms with Gasteiger partial charge in [-0.15, -0.1) is 0 Å². The maximum Gasteiger partial charge on any atom is 0.336 e. The second kappa shape index (κ2) is 12.9. The highest BCUT2D eigenvalue weighted by atomic mass is 16.6. The number of esters is 1. The number of hydrogen-bond acceptors (Lipinski definition) is 9. The highest BCUT2D eigenvalue weighted by Gasteiger charge is 2.43. The quantitative estimate of drug-likeness (QED) is 0.244. The molecule has 43 heavy (non-hydrogen) atoms. The number of rotatable bonds is 10. The monoisotopic (exact) mass is 587 g/mol. The fourth-order valence-electron chi connectivity index (χ4n) is 5.94. The second-order valence-corrected chi connectivity index (χ2v) is 10.7. The standard InChI is InChI=1S/C34H37NO8/c1-6-40-12-13-42-34(38)30-20(4)35-25-15-22(21-9-11-28(41-7-2)29(17-21)39-5)16-26(36)32(25)31(30)24-18-43-27-10-8-19(3)14-23(27)33(24)37/h8-11,14,17-18,22,31,35H,6-7,12-13,15-16H2,1-5H3. The van der Waals surface area contributed by atoms with E-state index < -0.39 is 11.9 Å². The first-order chi connectivity index (χ1) is 20.8. The third-order valence-electron chi connectivity index (χ3n) is 7.94. The summed E-state index contributed by atoms with van der Waals surface area (Å²) in [6, 6.07) is 11.1. The lowest BCUT2D eigenvalue weighted by Gasteiger charge is -2.36. The fraction of sp³-hybridized carbons (Fsp3) is 0.382. The number of ketones is 1. The molecule has 2 aromatic carbocycles. The molecule has 0 amide bonds. The number of ether oxygens (including phenoxy) is 4. The summed E-state index contributed by atoms with van der Waals surface area (Å²) < 4.78 is 28.0. The van der Waals surface area contributed by atoms with Crippen LogP contribution in [0.1, 0.15) is 62.1 Å². The van der Waals surface area contributed by atoms with Gasteiger partial charge in [-0.1, -0.05) is 17.7 Å². The van der Waals surface area contributed by atoms with Crippen molar-refractivity contribution in [2.75, 3.05) is 33.5 Å². The van der Waals surface area contributed by atoms with Gasteiger partial charge in [-0.3, -0.25) is 9.59 Å². The van der Waals surface area contributed by atoms with E-state index in [0.29, 0.717) is 59.1 Å². The first kappa shape index (κ1) is 30.1. The molecule has 226 valence electrons. The number of benzene rings is 2. The smallest absolute Gasteiger partial charge is 0.336 e. The van der Waals surface area contributed by atoms with Gasteiger partial charge < -0.3 is 28.7 Å². The van der Waals surface area contributed by atoms with E-state index in [1.54, 1.807) is 26.2 Å². The number of allylic oxidation sites excluding steroid dienone is 3. The van der Waals surface area contributed by atoms with Crippen LogP contribution < -0.4 is 20.2 Å². The Kier molecular flexibility index (Phi) is 9.01. The molecule has 0 fully saturated rings. The van der Waals surface area contributed by atoms with E-state index in [4.69, 9.17) is 23.4 Å². The predicted molar refractivity (Wildman–Crippen MR) is 161 cm³/mol. The molecule has 1 N–H and O–H groups in total. The minimum Gasteiger partial charge on any atom is -0.493 e. The summed E-state index contributed by atoms with van der Waals surface area (Å²) in [5.41, 5.74) is 3.98. The minimum absolute atomic E-state index is 0.0448. The van der Waals surface area contributed by atoms with Crippen molar-refractivity contribution >= 4 is 22.7 Å². The van der Waals surface area contributed by atoms with E-state index in [1.807, 2.05) is 45.0 Å². The zero-order valence-electron chi connectivity index (χ0n) is 25.2. The summed E-state index contributed by atoms with van der Waals surface area (Å²) >= 11 is 0. The molecule has 2 aliphatic rings. The molecule has 0 saturated heterocycles. The van der Waals surface area contributed by atoms with Crippen molar-refractivity contribution < 1.29 is 33.0 Å². The third kappa shape index (κ3) is 5.95. The molecule has 2 unspecified atom stereocenters. The summed E-state index contributed by atoms with van der Waals surface area (Å²) in [6.07, 6.45) is 2.06. The van der Waals surface area contributed by atoms with Crippen LogP contribution in [-0.4, -0.2) is 45.3 Å². The molecule has 9 nitrogen and oxygen atoms in total. The number of methoxy groups -OCH3 is 1. The van der Waals surface area contributed by atoms with Crippen LogP contribution >= 0.6 is 0 Å². The van der Waals surface area contributed by atoms with E-state index in [1.165, 1.54) is 6.26 Å². The highest BCUT2D eigenvalue weighted by Crippen LogP contribution is 2.46. The lowest BCUT2D eigenvalue weighted by Crippen LogP contribution is -2.37. The molecule has 0 bridgehead atoms. The van der Waals surface area contributed by atoms with Crippen molar-refractivity contribution in [1.82, 2.24) is 5.32 Å². The van der Waals surface area contributed by atoms with Crippen LogP contribution in [0.15, 0.2) is 74.4 Å². The van der Waals surface area contributed by atoms with Crippen molar-refractivity contribution in [2.45, 2.75) is 52.4 Å². The molecule has 2 atom stereocenters. The number of dihydropyridines is 1. The molecule has 1 aromatic heterocycles. The number of carbonyl (C=O) groups is 2. The lowest BCUT2D eigenvalue weighted by molar-refractivity contribution is -0.140. The van der Waals surface area contributed by atoms with E-state index in [9.17, 15) is 14.4 Å². The maximum atomic E-state index is 14.0. The largest absolute Gasteiger partial charge is 0.493 e. The minimum atomic E-state index is -0.944. The molecular formula is C34H37NO8. The van der Waals surface area contributed by atoms with Gasteiger partial charge in [0, 0.05) is 35.6 Å². The zero-order chi connectivity index (χ0) is 30.7. The Labute approximate surface area is 250 Å². The van der Waals surface area contributed by atoms with Gasteiger partial charge in [0.15, 0.2) is 22.7 Å². The van der Waals surface area contributed by atoms with Crippen LogP contribution in [0.25, 0.3) is 11.0 Å². The summed E-state index contributed by atoms with van der Waals surface area (Å²) in [6.45, 7) is 8.70. The van der Waals surface area contributed by atoms with Gasteiger partial charge in [-0.25, -0.2) is 4.79 Å². The van der Waals surface area contributed by atoms with Crippen LogP contribution in [0.4, 0.5) is 0 Å². The van der Waals surface area contributed by atoms with Crippen LogP contribution in [0.3, 0.4) is 0 Å².